The number of alkyl halides is 3. The molecule has 0 aliphatic heterocycles. The molecule has 3 rings (SSSR count). The van der Waals surface area contributed by atoms with Crippen LogP contribution in [0.4, 0.5) is 19.0 Å². The fraction of sp³-hybridized carbons (Fsp3) is 0.294. The average Bonchev–Trinajstić information content (AvgIpc) is 3.35. The van der Waals surface area contributed by atoms with Crippen LogP contribution in [0.3, 0.4) is 0 Å². The third-order valence-electron chi connectivity index (χ3n) is 4.13. The van der Waals surface area contributed by atoms with Crippen LogP contribution >= 0.6 is 0 Å². The SMILES string of the molecule is NC(=NCC1(c2cccc(C(F)(F)F)c2)CC1)Nc1ccccn1. The number of nitrogens with one attached hydrogen (secondary N) is 1. The van der Waals surface area contributed by atoms with Crippen molar-refractivity contribution in [1.29, 1.82) is 0 Å². The van der Waals surface area contributed by atoms with E-state index >= 15 is 0 Å². The lowest BCUT2D eigenvalue weighted by Gasteiger charge is -2.16. The van der Waals surface area contributed by atoms with Crippen LogP contribution in [0.25, 0.3) is 0 Å². The van der Waals surface area contributed by atoms with E-state index in [0.717, 1.165) is 18.9 Å². The molecule has 24 heavy (non-hydrogen) atoms. The van der Waals surface area contributed by atoms with Crippen molar-refractivity contribution in [2.75, 3.05) is 11.9 Å². The zero-order valence-corrected chi connectivity index (χ0v) is 12.8. The summed E-state index contributed by atoms with van der Waals surface area (Å²) >= 11 is 0. The van der Waals surface area contributed by atoms with Gasteiger partial charge in [-0.2, -0.15) is 13.2 Å². The third-order valence-corrected chi connectivity index (χ3v) is 4.13. The number of hydrogen-bond donors (Lipinski definition) is 2. The lowest BCUT2D eigenvalue weighted by atomic mass is 9.94. The van der Waals surface area contributed by atoms with E-state index in [9.17, 15) is 13.2 Å². The highest BCUT2D eigenvalue weighted by Gasteiger charge is 2.45. The Morgan fingerprint density at radius 3 is 2.62 bits per heavy atom. The molecule has 0 unspecified atom stereocenters. The van der Waals surface area contributed by atoms with Gasteiger partial charge in [0.05, 0.1) is 12.1 Å². The first-order valence-electron chi connectivity index (χ1n) is 7.55. The van der Waals surface area contributed by atoms with E-state index in [1.807, 2.05) is 6.07 Å². The maximum absolute atomic E-state index is 12.9. The predicted octanol–water partition coefficient (Wildman–Crippen LogP) is 3.56. The molecule has 7 heteroatoms. The van der Waals surface area contributed by atoms with E-state index < -0.39 is 11.7 Å². The van der Waals surface area contributed by atoms with E-state index in [1.165, 1.54) is 12.1 Å². The van der Waals surface area contributed by atoms with Gasteiger partial charge in [-0.25, -0.2) is 4.98 Å². The van der Waals surface area contributed by atoms with E-state index in [4.69, 9.17) is 5.73 Å². The molecule has 1 saturated carbocycles. The Labute approximate surface area is 137 Å². The van der Waals surface area contributed by atoms with Gasteiger partial charge in [-0.1, -0.05) is 24.3 Å². The first-order valence-corrected chi connectivity index (χ1v) is 7.55. The maximum Gasteiger partial charge on any atom is 0.416 e. The minimum Gasteiger partial charge on any atom is -0.370 e. The lowest BCUT2D eigenvalue weighted by Crippen LogP contribution is -2.25. The number of aromatic nitrogens is 1. The Balaban J connectivity index is 1.72. The third kappa shape index (κ3) is 3.67. The van der Waals surface area contributed by atoms with Crippen molar-refractivity contribution in [3.05, 3.63) is 59.8 Å². The van der Waals surface area contributed by atoms with Gasteiger partial charge in [0, 0.05) is 11.6 Å². The number of pyridine rings is 1. The van der Waals surface area contributed by atoms with Crippen LogP contribution in [0.1, 0.15) is 24.0 Å². The van der Waals surface area contributed by atoms with Gasteiger partial charge in [0.15, 0.2) is 5.96 Å². The molecular formula is C17H17F3N4. The Morgan fingerprint density at radius 2 is 2.00 bits per heavy atom. The quantitative estimate of drug-likeness (QED) is 0.664. The number of guanidine groups is 1. The molecule has 0 amide bonds. The average molecular weight is 334 g/mol. The van der Waals surface area contributed by atoms with Crippen molar-refractivity contribution in [2.45, 2.75) is 24.4 Å². The van der Waals surface area contributed by atoms with Crippen molar-refractivity contribution in [1.82, 2.24) is 4.98 Å². The molecule has 1 aromatic carbocycles. The molecule has 4 nitrogen and oxygen atoms in total. The fourth-order valence-electron chi connectivity index (χ4n) is 2.56. The summed E-state index contributed by atoms with van der Waals surface area (Å²) in [5, 5.41) is 2.87. The normalized spacial score (nSPS) is 16.7. The molecule has 0 bridgehead atoms. The molecule has 0 spiro atoms. The van der Waals surface area contributed by atoms with Crippen molar-refractivity contribution in [2.24, 2.45) is 10.7 Å². The van der Waals surface area contributed by atoms with Gasteiger partial charge >= 0.3 is 6.18 Å². The lowest BCUT2D eigenvalue weighted by molar-refractivity contribution is -0.137. The highest BCUT2D eigenvalue weighted by atomic mass is 19.4. The molecule has 2 aromatic rings. The monoisotopic (exact) mass is 334 g/mol. The topological polar surface area (TPSA) is 63.3 Å². The maximum atomic E-state index is 12.9. The minimum absolute atomic E-state index is 0.201. The van der Waals surface area contributed by atoms with Crippen molar-refractivity contribution in [3.63, 3.8) is 0 Å². The second-order valence-electron chi connectivity index (χ2n) is 5.90. The highest BCUT2D eigenvalue weighted by molar-refractivity contribution is 5.91. The molecule has 1 aliphatic rings. The van der Waals surface area contributed by atoms with Crippen molar-refractivity contribution in [3.8, 4) is 0 Å². The van der Waals surface area contributed by atoms with Gasteiger partial charge in [0.1, 0.15) is 5.82 Å². The number of benzene rings is 1. The molecule has 0 atom stereocenters. The molecule has 3 N–H and O–H groups in total. The summed E-state index contributed by atoms with van der Waals surface area (Å²) in [5.74, 6) is 0.773. The number of anilines is 1. The molecule has 1 aliphatic carbocycles. The summed E-state index contributed by atoms with van der Waals surface area (Å²) < 4.78 is 38.6. The number of aliphatic imine (C=N–C) groups is 1. The van der Waals surface area contributed by atoms with Gasteiger partial charge in [0.25, 0.3) is 0 Å². The molecule has 0 radical (unpaired) electrons. The second kappa shape index (κ2) is 6.14. The largest absolute Gasteiger partial charge is 0.416 e. The van der Waals surface area contributed by atoms with Crippen LogP contribution in [0.15, 0.2) is 53.7 Å². The van der Waals surface area contributed by atoms with Gasteiger partial charge in [-0.3, -0.25) is 4.99 Å². The van der Waals surface area contributed by atoms with Gasteiger partial charge in [-0.05, 0) is 36.6 Å². The second-order valence-corrected chi connectivity index (χ2v) is 5.90. The van der Waals surface area contributed by atoms with Crippen molar-refractivity contribution >= 4 is 11.8 Å². The summed E-state index contributed by atoms with van der Waals surface area (Å²) in [5.41, 5.74) is 5.52. The summed E-state index contributed by atoms with van der Waals surface area (Å²) in [6.07, 6.45) is -1.11. The molecule has 0 saturated heterocycles. The van der Waals surface area contributed by atoms with Gasteiger partial charge in [-0.15, -0.1) is 0 Å². The van der Waals surface area contributed by atoms with E-state index in [2.05, 4.69) is 15.3 Å². The summed E-state index contributed by atoms with van der Waals surface area (Å²) in [6, 6.07) is 10.8. The van der Waals surface area contributed by atoms with Crippen molar-refractivity contribution < 1.29 is 13.2 Å². The Bertz CT molecular complexity index is 737. The summed E-state index contributed by atoms with van der Waals surface area (Å²) in [7, 11) is 0. The van der Waals surface area contributed by atoms with Crippen LogP contribution in [-0.2, 0) is 11.6 Å². The Morgan fingerprint density at radius 1 is 1.21 bits per heavy atom. The minimum atomic E-state index is -4.34. The van der Waals surface area contributed by atoms with Crippen LogP contribution in [0.5, 0.6) is 0 Å². The number of halogens is 3. The molecule has 1 aromatic heterocycles. The zero-order chi connectivity index (χ0) is 17.2. The van der Waals surface area contributed by atoms with E-state index in [-0.39, 0.29) is 11.4 Å². The van der Waals surface area contributed by atoms with Crippen LogP contribution < -0.4 is 11.1 Å². The Hall–Kier alpha value is -2.57. The van der Waals surface area contributed by atoms with Crippen LogP contribution in [-0.4, -0.2) is 17.5 Å². The van der Waals surface area contributed by atoms with Gasteiger partial charge in [0.2, 0.25) is 0 Å². The van der Waals surface area contributed by atoms with Crippen LogP contribution in [0, 0.1) is 0 Å². The van der Waals surface area contributed by atoms with E-state index in [0.29, 0.717) is 17.9 Å². The fourth-order valence-corrected chi connectivity index (χ4v) is 2.56. The van der Waals surface area contributed by atoms with Gasteiger partial charge < -0.3 is 11.1 Å². The molecule has 126 valence electrons. The highest BCUT2D eigenvalue weighted by Crippen LogP contribution is 2.49. The number of nitrogens with zero attached hydrogens (tertiary/aromatic N) is 2. The molecular weight excluding hydrogens is 317 g/mol. The van der Waals surface area contributed by atoms with E-state index in [1.54, 1.807) is 24.4 Å². The summed E-state index contributed by atoms with van der Waals surface area (Å²) in [4.78, 5) is 8.36. The molecule has 1 fully saturated rings. The predicted molar refractivity (Wildman–Crippen MR) is 86.7 cm³/mol. The number of rotatable bonds is 4. The number of nitrogens with two attached hydrogens (primary N) is 1. The first-order chi connectivity index (χ1) is 11.4. The zero-order valence-electron chi connectivity index (χ0n) is 12.8. The van der Waals surface area contributed by atoms with Crippen LogP contribution in [0.2, 0.25) is 0 Å². The Kier molecular flexibility index (Phi) is 4.17. The number of hydrogen-bond acceptors (Lipinski definition) is 2. The smallest absolute Gasteiger partial charge is 0.370 e. The molecule has 1 heterocycles. The first kappa shape index (κ1) is 16.3. The summed E-state index contributed by atoms with van der Waals surface area (Å²) in [6.45, 7) is 0.347. The standard InChI is InChI=1S/C17H17F3N4/c18-17(19,20)13-5-3-4-12(10-13)16(7-8-16)11-23-15(21)24-14-6-1-2-9-22-14/h1-6,9-10H,7-8,11H2,(H3,21,22,23,24).